The van der Waals surface area contributed by atoms with Crippen molar-refractivity contribution in [2.75, 3.05) is 16.8 Å². The normalized spacial score (nSPS) is 18.7. The number of hydrogen-bond donors (Lipinski definition) is 1. The third kappa shape index (κ3) is 3.76. The van der Waals surface area contributed by atoms with Gasteiger partial charge in [-0.05, 0) is 45.9 Å². The van der Waals surface area contributed by atoms with E-state index in [4.69, 9.17) is 9.31 Å². The predicted molar refractivity (Wildman–Crippen MR) is 107 cm³/mol. The first-order valence-corrected chi connectivity index (χ1v) is 9.52. The molecule has 0 saturated carbocycles. The molecule has 1 saturated heterocycles. The van der Waals surface area contributed by atoms with Crippen molar-refractivity contribution in [3.63, 3.8) is 0 Å². The summed E-state index contributed by atoms with van der Waals surface area (Å²) in [5, 5.41) is 2.51. The zero-order valence-corrected chi connectivity index (χ0v) is 18.5. The minimum atomic E-state index is -0.817. The van der Waals surface area contributed by atoms with Gasteiger partial charge in [0.1, 0.15) is 5.82 Å². The van der Waals surface area contributed by atoms with Gasteiger partial charge in [-0.15, -0.1) is 6.07 Å². The molecule has 30 heavy (non-hydrogen) atoms. The number of urea groups is 1. The minimum Gasteiger partial charge on any atom is -0.399 e. The summed E-state index contributed by atoms with van der Waals surface area (Å²) in [4.78, 5) is 14.0. The van der Waals surface area contributed by atoms with Crippen molar-refractivity contribution in [1.29, 1.82) is 0 Å². The maximum atomic E-state index is 15.3. The number of anilines is 2. The van der Waals surface area contributed by atoms with Crippen molar-refractivity contribution in [2.45, 2.75) is 45.3 Å². The van der Waals surface area contributed by atoms with Gasteiger partial charge in [0.15, 0.2) is 0 Å². The molecule has 0 aromatic heterocycles. The average Bonchev–Trinajstić information content (AvgIpc) is 3.16. The number of rotatable bonds is 2. The van der Waals surface area contributed by atoms with Gasteiger partial charge in [0, 0.05) is 40.7 Å². The first-order valence-electron chi connectivity index (χ1n) is 9.52. The van der Waals surface area contributed by atoms with Gasteiger partial charge >= 0.3 is 13.1 Å². The van der Waals surface area contributed by atoms with Gasteiger partial charge in [0.25, 0.3) is 0 Å². The number of benzene rings is 2. The van der Waals surface area contributed by atoms with E-state index in [0.717, 1.165) is 0 Å². The number of halogens is 2. The van der Waals surface area contributed by atoms with Crippen LogP contribution in [0.1, 0.15) is 33.3 Å². The van der Waals surface area contributed by atoms with Gasteiger partial charge in [0.05, 0.1) is 16.9 Å². The van der Waals surface area contributed by atoms with Gasteiger partial charge in [-0.2, -0.15) is 18.2 Å². The van der Waals surface area contributed by atoms with Crippen molar-refractivity contribution < 1.29 is 40.2 Å². The fourth-order valence-electron chi connectivity index (χ4n) is 3.52. The second kappa shape index (κ2) is 7.97. The third-order valence-corrected chi connectivity index (χ3v) is 5.93. The van der Waals surface area contributed by atoms with E-state index in [9.17, 15) is 9.18 Å². The van der Waals surface area contributed by atoms with Crippen molar-refractivity contribution in [1.82, 2.24) is 0 Å². The number of nitrogens with one attached hydrogen (secondary N) is 1. The summed E-state index contributed by atoms with van der Waals surface area (Å²) < 4.78 is 41.0. The molecule has 0 spiro atoms. The molecular weight excluding hydrogens is 429 g/mol. The van der Waals surface area contributed by atoms with Gasteiger partial charge in [-0.25, -0.2) is 13.6 Å². The maximum Gasteiger partial charge on any atom is 0.497 e. The molecule has 5 nitrogen and oxygen atoms in total. The fraction of sp³-hybridized carbons (Fsp3) is 0.381. The van der Waals surface area contributed by atoms with E-state index in [1.165, 1.54) is 23.1 Å². The fourth-order valence-corrected chi connectivity index (χ4v) is 3.52. The summed E-state index contributed by atoms with van der Waals surface area (Å²) in [7, 11) is -0.817. The number of carbonyl (C=O) groups excluding carboxylic acids is 1. The van der Waals surface area contributed by atoms with Crippen molar-refractivity contribution >= 4 is 30.0 Å². The van der Waals surface area contributed by atoms with Crippen LogP contribution in [0.15, 0.2) is 30.3 Å². The van der Waals surface area contributed by atoms with Crippen LogP contribution in [0, 0.1) is 17.7 Å². The van der Waals surface area contributed by atoms with Crippen molar-refractivity contribution in [2.24, 2.45) is 0 Å². The Morgan fingerprint density at radius 2 is 1.83 bits per heavy atom. The molecule has 2 aliphatic heterocycles. The van der Waals surface area contributed by atoms with Crippen molar-refractivity contribution in [3.8, 4) is 0 Å². The first kappa shape index (κ1) is 22.8. The van der Waals surface area contributed by atoms with E-state index in [1.807, 2.05) is 27.7 Å². The van der Waals surface area contributed by atoms with Crippen LogP contribution in [-0.4, -0.2) is 30.9 Å². The molecule has 158 valence electrons. The standard InChI is InChI=1S/C21H22BF2N2O3.Cr/c1-20(2)21(3,4)29-22(28-20)14-9-10-17-13(18(14)24)11-12-26(17)19(27)25-16-8-6-5-7-15(16)23;/h5,7-10H,11-12H2,1-4H3,(H,25,27);/q-1;. The van der Waals surface area contributed by atoms with Crippen LogP contribution < -0.4 is 15.7 Å². The Morgan fingerprint density at radius 1 is 1.17 bits per heavy atom. The third-order valence-electron chi connectivity index (χ3n) is 5.93. The molecular formula is C21H22BCrF2N2O3-. The van der Waals surface area contributed by atoms with E-state index in [1.54, 1.807) is 12.1 Å². The van der Waals surface area contributed by atoms with E-state index >= 15 is 4.39 Å². The number of fused-ring (bicyclic) bond motifs is 1. The van der Waals surface area contributed by atoms with Crippen LogP contribution >= 0.6 is 0 Å². The number of amides is 2. The van der Waals surface area contributed by atoms with Crippen LogP contribution in [0.3, 0.4) is 0 Å². The molecule has 2 aromatic carbocycles. The summed E-state index contributed by atoms with van der Waals surface area (Å²) >= 11 is 0. The zero-order valence-electron chi connectivity index (χ0n) is 17.2. The Balaban J connectivity index is 0.00000256. The molecule has 2 heterocycles. The largest absolute Gasteiger partial charge is 0.497 e. The monoisotopic (exact) mass is 451 g/mol. The molecule has 2 aromatic rings. The molecule has 1 fully saturated rings. The molecule has 0 atom stereocenters. The van der Waals surface area contributed by atoms with Gasteiger partial charge in [-0.3, -0.25) is 4.90 Å². The first-order chi connectivity index (χ1) is 13.6. The molecule has 9 heteroatoms. The Kier molecular flexibility index (Phi) is 6.05. The van der Waals surface area contributed by atoms with Crippen LogP contribution in [0.2, 0.25) is 0 Å². The van der Waals surface area contributed by atoms with Gasteiger partial charge < -0.3 is 14.6 Å². The Morgan fingerprint density at radius 3 is 2.47 bits per heavy atom. The SMILES string of the molecule is CC1(C)OB(c2ccc3c(c2F)CCN3C(=O)Nc2c[c-]ccc2F)OC1(C)C.[Cr]. The topological polar surface area (TPSA) is 50.8 Å². The van der Waals surface area contributed by atoms with E-state index < -0.39 is 36.0 Å². The Hall–Kier alpha value is -1.91. The second-order valence-corrected chi connectivity index (χ2v) is 8.29. The van der Waals surface area contributed by atoms with E-state index in [0.29, 0.717) is 29.7 Å². The summed E-state index contributed by atoms with van der Waals surface area (Å²) in [6, 6.07) is 9.44. The molecule has 0 radical (unpaired) electrons. The summed E-state index contributed by atoms with van der Waals surface area (Å²) in [6.45, 7) is 7.92. The van der Waals surface area contributed by atoms with Gasteiger partial charge in [0.2, 0.25) is 0 Å². The zero-order chi connectivity index (χ0) is 21.0. The number of hydrogen-bond acceptors (Lipinski definition) is 3. The molecule has 0 aliphatic carbocycles. The van der Waals surface area contributed by atoms with Crippen LogP contribution in [0.4, 0.5) is 25.0 Å². The van der Waals surface area contributed by atoms with Crippen LogP contribution in [-0.2, 0) is 33.1 Å². The molecule has 2 aliphatic rings. The maximum absolute atomic E-state index is 15.3. The quantitative estimate of drug-likeness (QED) is 0.561. The minimum absolute atomic E-state index is 0. The molecule has 1 N–H and O–H groups in total. The summed E-state index contributed by atoms with van der Waals surface area (Å²) in [5.41, 5.74) is 0.0686. The predicted octanol–water partition coefficient (Wildman–Crippen LogP) is 3.66. The molecule has 4 rings (SSSR count). The van der Waals surface area contributed by atoms with Crippen LogP contribution in [0.25, 0.3) is 0 Å². The Bertz CT molecular complexity index is 971. The summed E-state index contributed by atoms with van der Waals surface area (Å²) in [6.07, 6.45) is 0.353. The average molecular weight is 451 g/mol. The van der Waals surface area contributed by atoms with Crippen LogP contribution in [0.5, 0.6) is 0 Å². The summed E-state index contributed by atoms with van der Waals surface area (Å²) in [5.74, 6) is -0.991. The second-order valence-electron chi connectivity index (χ2n) is 8.29. The smallest absolute Gasteiger partial charge is 0.399 e. The van der Waals surface area contributed by atoms with Crippen molar-refractivity contribution in [3.05, 3.63) is 53.6 Å². The molecule has 0 bridgehead atoms. The van der Waals surface area contributed by atoms with Gasteiger partial charge in [-0.1, -0.05) is 6.07 Å². The van der Waals surface area contributed by atoms with E-state index in [-0.39, 0.29) is 23.0 Å². The number of carbonyl (C=O) groups is 1. The molecule has 2 amide bonds. The molecule has 0 unspecified atom stereocenters. The number of nitrogens with zero attached hydrogens (tertiary/aromatic N) is 1. The Labute approximate surface area is 186 Å². The van der Waals surface area contributed by atoms with E-state index in [2.05, 4.69) is 11.4 Å².